The minimum atomic E-state index is 0.766. The normalized spacial score (nSPS) is 10.3. The van der Waals surface area contributed by atoms with Crippen molar-refractivity contribution in [3.8, 4) is 5.82 Å². The zero-order chi connectivity index (χ0) is 9.26. The van der Waals surface area contributed by atoms with E-state index < -0.39 is 0 Å². The van der Waals surface area contributed by atoms with Crippen molar-refractivity contribution >= 4 is 0 Å². The molecule has 66 valence electrons. The van der Waals surface area contributed by atoms with Crippen LogP contribution in [0.5, 0.6) is 0 Å². The molecular weight excluding hydrogens is 164 g/mol. The van der Waals surface area contributed by atoms with E-state index in [0.717, 1.165) is 11.5 Å². The van der Waals surface area contributed by atoms with Crippen LogP contribution in [-0.4, -0.2) is 20.0 Å². The largest absolute Gasteiger partial charge is 0.232 e. The quantitative estimate of drug-likeness (QED) is 0.654. The molecule has 0 amide bonds. The molecule has 2 rings (SSSR count). The summed E-state index contributed by atoms with van der Waals surface area (Å²) < 4.78 is 0. The van der Waals surface area contributed by atoms with Crippen LogP contribution >= 0.6 is 0 Å². The van der Waals surface area contributed by atoms with Gasteiger partial charge < -0.3 is 0 Å². The summed E-state index contributed by atoms with van der Waals surface area (Å²) in [7, 11) is 0. The molecule has 0 saturated heterocycles. The summed E-state index contributed by atoms with van der Waals surface area (Å²) in [5, 5.41) is 8.02. The fourth-order valence-electron chi connectivity index (χ4n) is 1.26. The van der Waals surface area contributed by atoms with Crippen LogP contribution in [0.2, 0.25) is 0 Å². The molecule has 13 heavy (non-hydrogen) atoms. The van der Waals surface area contributed by atoms with E-state index in [2.05, 4.69) is 15.2 Å². The zero-order valence-electron chi connectivity index (χ0n) is 7.60. The smallest absolute Gasteiger partial charge is 0.174 e. The second-order valence-electron chi connectivity index (χ2n) is 2.96. The van der Waals surface area contributed by atoms with Gasteiger partial charge in [0.25, 0.3) is 0 Å². The van der Waals surface area contributed by atoms with Crippen molar-refractivity contribution in [2.75, 3.05) is 0 Å². The summed E-state index contributed by atoms with van der Waals surface area (Å²) in [4.78, 5) is 5.83. The van der Waals surface area contributed by atoms with Crippen LogP contribution in [0.4, 0.5) is 0 Å². The van der Waals surface area contributed by atoms with E-state index in [9.17, 15) is 0 Å². The van der Waals surface area contributed by atoms with Crippen LogP contribution in [0.25, 0.3) is 5.82 Å². The predicted molar refractivity (Wildman–Crippen MR) is 48.6 cm³/mol. The van der Waals surface area contributed by atoms with Crippen LogP contribution in [0, 0.1) is 13.8 Å². The number of nitrogens with zero attached hydrogens (tertiary/aromatic N) is 4. The van der Waals surface area contributed by atoms with Gasteiger partial charge in [-0.15, -0.1) is 4.80 Å². The molecule has 0 unspecified atom stereocenters. The lowest BCUT2D eigenvalue weighted by atomic mass is 10.2. The molecule has 0 aliphatic rings. The van der Waals surface area contributed by atoms with Gasteiger partial charge in [-0.2, -0.15) is 10.2 Å². The van der Waals surface area contributed by atoms with Crippen molar-refractivity contribution in [2.45, 2.75) is 13.8 Å². The molecule has 2 aromatic rings. The van der Waals surface area contributed by atoms with Gasteiger partial charge in [0.15, 0.2) is 5.82 Å². The molecule has 0 aliphatic carbocycles. The van der Waals surface area contributed by atoms with Crippen molar-refractivity contribution in [3.05, 3.63) is 35.8 Å². The maximum absolute atomic E-state index is 4.31. The highest BCUT2D eigenvalue weighted by Gasteiger charge is 2.00. The predicted octanol–water partition coefficient (Wildman–Crippen LogP) is 1.28. The summed E-state index contributed by atoms with van der Waals surface area (Å²) in [5.74, 6) is 0.766. The number of aryl methyl sites for hydroxylation is 2. The van der Waals surface area contributed by atoms with Crippen molar-refractivity contribution in [1.82, 2.24) is 20.0 Å². The van der Waals surface area contributed by atoms with E-state index in [1.165, 1.54) is 10.4 Å². The highest BCUT2D eigenvalue weighted by molar-refractivity contribution is 5.27. The Labute approximate surface area is 76.2 Å². The van der Waals surface area contributed by atoms with Crippen LogP contribution < -0.4 is 0 Å². The highest BCUT2D eigenvalue weighted by Crippen LogP contribution is 2.06. The van der Waals surface area contributed by atoms with Gasteiger partial charge in [-0.05, 0) is 31.5 Å². The number of hydrogen-bond acceptors (Lipinski definition) is 3. The lowest BCUT2D eigenvalue weighted by molar-refractivity contribution is 0.725. The third kappa shape index (κ3) is 1.56. The first-order valence-corrected chi connectivity index (χ1v) is 4.08. The topological polar surface area (TPSA) is 43.6 Å². The standard InChI is InChI=1S/C9H10N4/c1-7-5-8(2)12-9(6-7)13-10-3-4-11-13/h3-6H,1-2H3. The molecule has 0 N–H and O–H groups in total. The van der Waals surface area contributed by atoms with E-state index in [1.807, 2.05) is 26.0 Å². The van der Waals surface area contributed by atoms with E-state index in [1.54, 1.807) is 12.4 Å². The van der Waals surface area contributed by atoms with Crippen molar-refractivity contribution in [1.29, 1.82) is 0 Å². The Hall–Kier alpha value is -1.71. The van der Waals surface area contributed by atoms with Gasteiger partial charge in [0.2, 0.25) is 0 Å². The highest BCUT2D eigenvalue weighted by atomic mass is 15.5. The van der Waals surface area contributed by atoms with Gasteiger partial charge in [-0.3, -0.25) is 0 Å². The molecule has 2 heterocycles. The van der Waals surface area contributed by atoms with Crippen LogP contribution in [0.1, 0.15) is 11.3 Å². The van der Waals surface area contributed by atoms with E-state index >= 15 is 0 Å². The van der Waals surface area contributed by atoms with E-state index in [-0.39, 0.29) is 0 Å². The second-order valence-corrected chi connectivity index (χ2v) is 2.96. The van der Waals surface area contributed by atoms with Gasteiger partial charge in [-0.1, -0.05) is 0 Å². The average molecular weight is 174 g/mol. The van der Waals surface area contributed by atoms with Gasteiger partial charge >= 0.3 is 0 Å². The molecule has 4 nitrogen and oxygen atoms in total. The Balaban J connectivity index is 2.53. The van der Waals surface area contributed by atoms with Crippen molar-refractivity contribution < 1.29 is 0 Å². The van der Waals surface area contributed by atoms with E-state index in [4.69, 9.17) is 0 Å². The molecule has 0 spiro atoms. The third-order valence-electron chi connectivity index (χ3n) is 1.71. The Morgan fingerprint density at radius 3 is 2.38 bits per heavy atom. The summed E-state index contributed by atoms with van der Waals surface area (Å²) in [5.41, 5.74) is 2.15. The first-order chi connectivity index (χ1) is 6.25. The minimum absolute atomic E-state index is 0.766. The molecule has 0 aromatic carbocycles. The Kier molecular flexibility index (Phi) is 1.81. The fraction of sp³-hybridized carbons (Fsp3) is 0.222. The molecule has 2 aromatic heterocycles. The Morgan fingerprint density at radius 2 is 1.77 bits per heavy atom. The van der Waals surface area contributed by atoms with Gasteiger partial charge in [0, 0.05) is 5.69 Å². The number of rotatable bonds is 1. The van der Waals surface area contributed by atoms with E-state index in [0.29, 0.717) is 0 Å². The average Bonchev–Trinajstić information content (AvgIpc) is 2.53. The SMILES string of the molecule is Cc1cc(C)nc(-n2nccn2)c1. The molecule has 4 heteroatoms. The molecule has 0 fully saturated rings. The minimum Gasteiger partial charge on any atom is -0.232 e. The van der Waals surface area contributed by atoms with Crippen molar-refractivity contribution in [3.63, 3.8) is 0 Å². The summed E-state index contributed by atoms with van der Waals surface area (Å²) in [6.45, 7) is 3.99. The molecule has 0 bridgehead atoms. The Bertz CT molecular complexity index is 385. The maximum atomic E-state index is 4.31. The van der Waals surface area contributed by atoms with Crippen LogP contribution in [0.15, 0.2) is 24.5 Å². The third-order valence-corrected chi connectivity index (χ3v) is 1.71. The van der Waals surface area contributed by atoms with Gasteiger partial charge in [0.05, 0.1) is 12.4 Å². The van der Waals surface area contributed by atoms with Crippen LogP contribution in [0.3, 0.4) is 0 Å². The van der Waals surface area contributed by atoms with Gasteiger partial charge in [-0.25, -0.2) is 4.98 Å². The molecular formula is C9H10N4. The molecule has 0 saturated carbocycles. The summed E-state index contributed by atoms with van der Waals surface area (Å²) >= 11 is 0. The summed E-state index contributed by atoms with van der Waals surface area (Å²) in [6, 6.07) is 3.97. The first kappa shape index (κ1) is 7.91. The van der Waals surface area contributed by atoms with Crippen LogP contribution in [-0.2, 0) is 0 Å². The molecule has 0 atom stereocenters. The maximum Gasteiger partial charge on any atom is 0.174 e. The number of pyridine rings is 1. The monoisotopic (exact) mass is 174 g/mol. The number of aromatic nitrogens is 4. The van der Waals surface area contributed by atoms with Gasteiger partial charge in [0.1, 0.15) is 0 Å². The second kappa shape index (κ2) is 2.97. The van der Waals surface area contributed by atoms with Crippen molar-refractivity contribution in [2.24, 2.45) is 0 Å². The fourth-order valence-corrected chi connectivity index (χ4v) is 1.26. The zero-order valence-corrected chi connectivity index (χ0v) is 7.60. The first-order valence-electron chi connectivity index (χ1n) is 4.08. The summed E-state index contributed by atoms with van der Waals surface area (Å²) in [6.07, 6.45) is 3.28. The molecule has 0 aliphatic heterocycles. The lowest BCUT2D eigenvalue weighted by Gasteiger charge is -2.01. The lowest BCUT2D eigenvalue weighted by Crippen LogP contribution is -2.02. The number of hydrogen-bond donors (Lipinski definition) is 0. The Morgan fingerprint density at radius 1 is 1.08 bits per heavy atom. The molecule has 0 radical (unpaired) electrons.